The lowest BCUT2D eigenvalue weighted by molar-refractivity contribution is 0.324. The van der Waals surface area contributed by atoms with Gasteiger partial charge in [0.1, 0.15) is 11.5 Å². The van der Waals surface area contributed by atoms with Crippen molar-refractivity contribution in [2.24, 2.45) is 5.92 Å². The smallest absolute Gasteiger partial charge is 0.120 e. The van der Waals surface area contributed by atoms with Gasteiger partial charge in [0.15, 0.2) is 0 Å². The molecule has 16 heavy (non-hydrogen) atoms. The van der Waals surface area contributed by atoms with Crippen LogP contribution < -0.4 is 5.32 Å². The van der Waals surface area contributed by atoms with Gasteiger partial charge in [0.05, 0.1) is 6.04 Å². The van der Waals surface area contributed by atoms with E-state index in [2.05, 4.69) is 25.2 Å². The average molecular weight is 221 g/mol. The van der Waals surface area contributed by atoms with Gasteiger partial charge in [-0.2, -0.15) is 0 Å². The van der Waals surface area contributed by atoms with Gasteiger partial charge < -0.3 is 9.73 Å². The summed E-state index contributed by atoms with van der Waals surface area (Å²) in [7, 11) is 0. The Hall–Kier alpha value is -0.760. The van der Waals surface area contributed by atoms with Crippen molar-refractivity contribution in [2.45, 2.75) is 58.5 Å². The molecule has 1 heterocycles. The first-order valence-corrected chi connectivity index (χ1v) is 6.49. The molecule has 0 radical (unpaired) electrons. The number of rotatable bonds is 4. The molecule has 0 aromatic carbocycles. The Morgan fingerprint density at radius 3 is 2.50 bits per heavy atom. The first-order valence-electron chi connectivity index (χ1n) is 6.49. The molecular formula is C14H23NO. The van der Waals surface area contributed by atoms with Crippen molar-refractivity contribution in [2.75, 3.05) is 0 Å². The number of furan rings is 1. The van der Waals surface area contributed by atoms with Crippen molar-refractivity contribution in [3.8, 4) is 0 Å². The molecule has 0 aliphatic heterocycles. The van der Waals surface area contributed by atoms with Gasteiger partial charge in [-0.1, -0.05) is 12.8 Å². The minimum atomic E-state index is 0.323. The highest BCUT2D eigenvalue weighted by Crippen LogP contribution is 2.29. The van der Waals surface area contributed by atoms with E-state index >= 15 is 0 Å². The summed E-state index contributed by atoms with van der Waals surface area (Å²) in [5, 5.41) is 3.66. The Morgan fingerprint density at radius 1 is 1.25 bits per heavy atom. The summed E-state index contributed by atoms with van der Waals surface area (Å²) in [5.74, 6) is 2.91. The first-order chi connectivity index (χ1) is 7.66. The van der Waals surface area contributed by atoms with E-state index in [9.17, 15) is 0 Å². The van der Waals surface area contributed by atoms with Gasteiger partial charge in [0.25, 0.3) is 0 Å². The minimum absolute atomic E-state index is 0.323. The molecule has 1 fully saturated rings. The Balaban J connectivity index is 1.88. The summed E-state index contributed by atoms with van der Waals surface area (Å²) in [6, 6.07) is 5.04. The average Bonchev–Trinajstić information content (AvgIpc) is 2.87. The standard InChI is InChI=1S/C14H23NO/c1-10-8-9-14(16-10)12(3)15-11(2)13-6-4-5-7-13/h8-9,11-13,15H,4-7H2,1-3H3/t11-,12?/m0/s1. The molecule has 90 valence electrons. The van der Waals surface area contributed by atoms with Crippen LogP contribution in [0.5, 0.6) is 0 Å². The fraction of sp³-hybridized carbons (Fsp3) is 0.714. The van der Waals surface area contributed by atoms with Crippen molar-refractivity contribution in [3.63, 3.8) is 0 Å². The number of hydrogen-bond donors (Lipinski definition) is 1. The molecular weight excluding hydrogens is 198 g/mol. The maximum Gasteiger partial charge on any atom is 0.120 e. The third kappa shape index (κ3) is 2.67. The van der Waals surface area contributed by atoms with Gasteiger partial charge in [-0.25, -0.2) is 0 Å². The summed E-state index contributed by atoms with van der Waals surface area (Å²) in [5.41, 5.74) is 0. The fourth-order valence-electron chi connectivity index (χ4n) is 2.76. The van der Waals surface area contributed by atoms with Crippen molar-refractivity contribution < 1.29 is 4.42 Å². The molecule has 2 heteroatoms. The third-order valence-electron chi connectivity index (χ3n) is 3.81. The topological polar surface area (TPSA) is 25.2 Å². The van der Waals surface area contributed by atoms with E-state index < -0.39 is 0 Å². The quantitative estimate of drug-likeness (QED) is 0.836. The second-order valence-corrected chi connectivity index (χ2v) is 5.17. The van der Waals surface area contributed by atoms with Crippen LogP contribution in [0.2, 0.25) is 0 Å². The third-order valence-corrected chi connectivity index (χ3v) is 3.81. The SMILES string of the molecule is Cc1ccc(C(C)N[C@@H](C)C2CCCC2)o1. The fourth-order valence-corrected chi connectivity index (χ4v) is 2.76. The Labute approximate surface area is 98.4 Å². The zero-order valence-corrected chi connectivity index (χ0v) is 10.6. The molecule has 2 atom stereocenters. The van der Waals surface area contributed by atoms with Crippen LogP contribution in [0.15, 0.2) is 16.5 Å². The molecule has 1 N–H and O–H groups in total. The lowest BCUT2D eigenvalue weighted by Crippen LogP contribution is -2.34. The summed E-state index contributed by atoms with van der Waals surface area (Å²) in [6.07, 6.45) is 5.59. The van der Waals surface area contributed by atoms with Crippen LogP contribution in [0.4, 0.5) is 0 Å². The summed E-state index contributed by atoms with van der Waals surface area (Å²) < 4.78 is 5.65. The molecule has 0 spiro atoms. The zero-order chi connectivity index (χ0) is 11.5. The van der Waals surface area contributed by atoms with Gasteiger partial charge in [-0.05, 0) is 51.7 Å². The van der Waals surface area contributed by atoms with Crippen molar-refractivity contribution in [3.05, 3.63) is 23.7 Å². The van der Waals surface area contributed by atoms with Crippen LogP contribution in [-0.4, -0.2) is 6.04 Å². The molecule has 1 aromatic rings. The van der Waals surface area contributed by atoms with E-state index in [1.54, 1.807) is 0 Å². The number of nitrogens with one attached hydrogen (secondary N) is 1. The molecule has 1 saturated carbocycles. The van der Waals surface area contributed by atoms with E-state index in [1.165, 1.54) is 25.7 Å². The normalized spacial score (nSPS) is 21.2. The minimum Gasteiger partial charge on any atom is -0.465 e. The van der Waals surface area contributed by atoms with Gasteiger partial charge in [-0.15, -0.1) is 0 Å². The maximum absolute atomic E-state index is 5.65. The number of aryl methyl sites for hydroxylation is 1. The van der Waals surface area contributed by atoms with Crippen LogP contribution in [0.1, 0.15) is 57.1 Å². The summed E-state index contributed by atoms with van der Waals surface area (Å²) >= 11 is 0. The molecule has 1 aliphatic carbocycles. The van der Waals surface area contributed by atoms with Gasteiger partial charge >= 0.3 is 0 Å². The van der Waals surface area contributed by atoms with Gasteiger partial charge in [0, 0.05) is 6.04 Å². The van der Waals surface area contributed by atoms with Crippen molar-refractivity contribution >= 4 is 0 Å². The molecule has 1 aliphatic rings. The summed E-state index contributed by atoms with van der Waals surface area (Å²) in [6.45, 7) is 6.49. The molecule has 2 nitrogen and oxygen atoms in total. The Kier molecular flexibility index (Phi) is 3.70. The second-order valence-electron chi connectivity index (χ2n) is 5.17. The Morgan fingerprint density at radius 2 is 1.94 bits per heavy atom. The highest BCUT2D eigenvalue weighted by molar-refractivity contribution is 5.09. The van der Waals surface area contributed by atoms with Crippen LogP contribution in [0.25, 0.3) is 0 Å². The predicted octanol–water partition coefficient (Wildman–Crippen LogP) is 3.82. The van der Waals surface area contributed by atoms with Gasteiger partial charge in [-0.3, -0.25) is 0 Å². The van der Waals surface area contributed by atoms with Gasteiger partial charge in [0.2, 0.25) is 0 Å². The summed E-state index contributed by atoms with van der Waals surface area (Å²) in [4.78, 5) is 0. The Bertz CT molecular complexity index is 325. The molecule has 0 amide bonds. The largest absolute Gasteiger partial charge is 0.465 e. The van der Waals surface area contributed by atoms with E-state index in [0.29, 0.717) is 12.1 Å². The number of hydrogen-bond acceptors (Lipinski definition) is 2. The first kappa shape index (κ1) is 11.7. The highest BCUT2D eigenvalue weighted by atomic mass is 16.3. The van der Waals surface area contributed by atoms with Crippen LogP contribution in [-0.2, 0) is 0 Å². The van der Waals surface area contributed by atoms with Crippen molar-refractivity contribution in [1.29, 1.82) is 0 Å². The molecule has 0 saturated heterocycles. The van der Waals surface area contributed by atoms with Crippen LogP contribution in [0.3, 0.4) is 0 Å². The van der Waals surface area contributed by atoms with E-state index in [0.717, 1.165) is 17.4 Å². The van der Waals surface area contributed by atoms with Crippen LogP contribution >= 0.6 is 0 Å². The molecule has 1 unspecified atom stereocenters. The highest BCUT2D eigenvalue weighted by Gasteiger charge is 2.23. The van der Waals surface area contributed by atoms with Crippen molar-refractivity contribution in [1.82, 2.24) is 5.32 Å². The molecule has 2 rings (SSSR count). The monoisotopic (exact) mass is 221 g/mol. The van der Waals surface area contributed by atoms with Crippen LogP contribution in [0, 0.1) is 12.8 Å². The predicted molar refractivity (Wildman–Crippen MR) is 66.4 cm³/mol. The van der Waals surface area contributed by atoms with E-state index in [-0.39, 0.29) is 0 Å². The zero-order valence-electron chi connectivity index (χ0n) is 10.6. The second kappa shape index (κ2) is 5.05. The maximum atomic E-state index is 5.65. The van der Waals surface area contributed by atoms with E-state index in [4.69, 9.17) is 4.42 Å². The lowest BCUT2D eigenvalue weighted by Gasteiger charge is -2.23. The molecule has 1 aromatic heterocycles. The van der Waals surface area contributed by atoms with E-state index in [1.807, 2.05) is 13.0 Å². The molecule has 0 bridgehead atoms. The lowest BCUT2D eigenvalue weighted by atomic mass is 9.99.